The normalized spacial score (nSPS) is 11.2. The summed E-state index contributed by atoms with van der Waals surface area (Å²) in [6, 6.07) is 10.5. The summed E-state index contributed by atoms with van der Waals surface area (Å²) in [7, 11) is 0. The molecule has 4 aromatic rings. The number of carbonyl (C=O) groups is 1. The largest absolute Gasteiger partial charge is 0.325 e. The van der Waals surface area contributed by atoms with Gasteiger partial charge < -0.3 is 5.32 Å². The summed E-state index contributed by atoms with van der Waals surface area (Å²) in [5.41, 5.74) is 2.14. The molecule has 1 amide bonds. The van der Waals surface area contributed by atoms with Crippen molar-refractivity contribution in [1.82, 2.24) is 19.2 Å². The van der Waals surface area contributed by atoms with Gasteiger partial charge in [0.25, 0.3) is 5.56 Å². The van der Waals surface area contributed by atoms with Crippen LogP contribution in [0, 0.1) is 12.7 Å². The first kappa shape index (κ1) is 15.9. The molecular formula is C18H14FN5O2. The zero-order chi connectivity index (χ0) is 18.3. The van der Waals surface area contributed by atoms with E-state index in [1.165, 1.54) is 33.3 Å². The third kappa shape index (κ3) is 2.71. The molecule has 8 heteroatoms. The average Bonchev–Trinajstić information content (AvgIpc) is 3.03. The van der Waals surface area contributed by atoms with E-state index in [1.54, 1.807) is 31.3 Å². The maximum Gasteiger partial charge on any atom is 0.277 e. The fraction of sp³-hybridized carbons (Fsp3) is 0.111. The van der Waals surface area contributed by atoms with Crippen molar-refractivity contribution in [3.63, 3.8) is 0 Å². The molecule has 0 saturated carbocycles. The van der Waals surface area contributed by atoms with Crippen molar-refractivity contribution in [2.45, 2.75) is 13.5 Å². The van der Waals surface area contributed by atoms with Gasteiger partial charge in [0.15, 0.2) is 5.65 Å². The Labute approximate surface area is 146 Å². The number of hydrogen-bond donors (Lipinski definition) is 1. The van der Waals surface area contributed by atoms with Crippen molar-refractivity contribution >= 4 is 28.3 Å². The van der Waals surface area contributed by atoms with Gasteiger partial charge >= 0.3 is 0 Å². The zero-order valence-electron chi connectivity index (χ0n) is 13.8. The van der Waals surface area contributed by atoms with Gasteiger partial charge in [-0.25, -0.2) is 13.9 Å². The van der Waals surface area contributed by atoms with E-state index in [0.29, 0.717) is 28.1 Å². The van der Waals surface area contributed by atoms with Crippen LogP contribution < -0.4 is 10.9 Å². The Morgan fingerprint density at radius 1 is 1.19 bits per heavy atom. The fourth-order valence-electron chi connectivity index (χ4n) is 2.86. The average molecular weight is 351 g/mol. The molecule has 130 valence electrons. The van der Waals surface area contributed by atoms with Gasteiger partial charge in [-0.3, -0.25) is 14.2 Å². The van der Waals surface area contributed by atoms with Gasteiger partial charge in [-0.15, -0.1) is 0 Å². The fourth-order valence-corrected chi connectivity index (χ4v) is 2.86. The van der Waals surface area contributed by atoms with Crippen LogP contribution in [0.5, 0.6) is 0 Å². The second-order valence-corrected chi connectivity index (χ2v) is 5.88. The molecule has 3 heterocycles. The minimum absolute atomic E-state index is 0.195. The first-order valence-electron chi connectivity index (χ1n) is 7.92. The molecule has 1 aromatic carbocycles. The van der Waals surface area contributed by atoms with Crippen molar-refractivity contribution < 1.29 is 9.18 Å². The summed E-state index contributed by atoms with van der Waals surface area (Å²) in [6.45, 7) is 1.59. The first-order chi connectivity index (χ1) is 12.5. The number of pyridine rings is 1. The number of amides is 1. The van der Waals surface area contributed by atoms with Gasteiger partial charge in [-0.05, 0) is 49.4 Å². The highest BCUT2D eigenvalue weighted by atomic mass is 19.1. The Hall–Kier alpha value is -3.55. The Balaban J connectivity index is 1.77. The highest BCUT2D eigenvalue weighted by Crippen LogP contribution is 2.13. The van der Waals surface area contributed by atoms with Crippen molar-refractivity contribution in [3.05, 3.63) is 70.5 Å². The zero-order valence-corrected chi connectivity index (χ0v) is 13.8. The monoisotopic (exact) mass is 351 g/mol. The lowest BCUT2D eigenvalue weighted by Gasteiger charge is -2.11. The van der Waals surface area contributed by atoms with Crippen LogP contribution in [0.15, 0.2) is 53.5 Å². The maximum absolute atomic E-state index is 13.0. The lowest BCUT2D eigenvalue weighted by Crippen LogP contribution is -2.29. The molecule has 0 bridgehead atoms. The number of benzene rings is 1. The van der Waals surface area contributed by atoms with Crippen LogP contribution in [-0.2, 0) is 11.3 Å². The molecule has 0 saturated heterocycles. The number of carbonyl (C=O) groups excluding carboxylic acids is 1. The predicted octanol–water partition coefficient (Wildman–Crippen LogP) is 2.13. The van der Waals surface area contributed by atoms with Crippen LogP contribution in [0.1, 0.15) is 5.69 Å². The summed E-state index contributed by atoms with van der Waals surface area (Å²) in [6.07, 6.45) is 1.60. The summed E-state index contributed by atoms with van der Waals surface area (Å²) >= 11 is 0. The Kier molecular flexibility index (Phi) is 3.72. The number of nitrogens with zero attached hydrogens (tertiary/aromatic N) is 4. The van der Waals surface area contributed by atoms with E-state index in [0.717, 1.165) is 0 Å². The molecule has 0 atom stereocenters. The third-order valence-corrected chi connectivity index (χ3v) is 3.98. The van der Waals surface area contributed by atoms with Gasteiger partial charge in [-0.1, -0.05) is 0 Å². The number of aromatic nitrogens is 4. The predicted molar refractivity (Wildman–Crippen MR) is 94.5 cm³/mol. The second-order valence-electron chi connectivity index (χ2n) is 5.88. The van der Waals surface area contributed by atoms with E-state index in [4.69, 9.17) is 0 Å². The topological polar surface area (TPSA) is 81.3 Å². The van der Waals surface area contributed by atoms with Crippen LogP contribution in [0.2, 0.25) is 0 Å². The number of halogens is 1. The van der Waals surface area contributed by atoms with Crippen LogP contribution >= 0.6 is 0 Å². The van der Waals surface area contributed by atoms with Crippen molar-refractivity contribution in [2.24, 2.45) is 0 Å². The SMILES string of the molecule is Cc1cc2c(=O)n(CC(=O)Nc3ccc(F)cc3)c3cccnc3n2n1. The summed E-state index contributed by atoms with van der Waals surface area (Å²) in [5, 5.41) is 6.96. The Morgan fingerprint density at radius 2 is 1.96 bits per heavy atom. The number of nitrogens with one attached hydrogen (secondary N) is 1. The number of anilines is 1. The molecule has 3 aromatic heterocycles. The van der Waals surface area contributed by atoms with E-state index in [1.807, 2.05) is 0 Å². The molecule has 4 rings (SSSR count). The molecule has 0 aliphatic carbocycles. The number of aryl methyl sites for hydroxylation is 1. The molecule has 26 heavy (non-hydrogen) atoms. The molecule has 0 spiro atoms. The quantitative estimate of drug-likeness (QED) is 0.613. The molecule has 7 nitrogen and oxygen atoms in total. The van der Waals surface area contributed by atoms with E-state index < -0.39 is 11.7 Å². The van der Waals surface area contributed by atoms with Gasteiger partial charge in [0, 0.05) is 11.9 Å². The van der Waals surface area contributed by atoms with Gasteiger partial charge in [0.2, 0.25) is 5.91 Å². The Morgan fingerprint density at radius 3 is 2.73 bits per heavy atom. The number of rotatable bonds is 3. The van der Waals surface area contributed by atoms with E-state index >= 15 is 0 Å². The standard InChI is InChI=1S/C18H14FN5O2/c1-11-9-15-18(26)23(14-3-2-8-20-17(14)24(15)22-11)10-16(25)21-13-6-4-12(19)5-7-13/h2-9H,10H2,1H3,(H,21,25). The highest BCUT2D eigenvalue weighted by molar-refractivity contribution is 5.91. The molecule has 0 aliphatic rings. The number of hydrogen-bond acceptors (Lipinski definition) is 4. The minimum Gasteiger partial charge on any atom is -0.325 e. The molecular weight excluding hydrogens is 337 g/mol. The highest BCUT2D eigenvalue weighted by Gasteiger charge is 2.15. The van der Waals surface area contributed by atoms with Gasteiger partial charge in [-0.2, -0.15) is 5.10 Å². The van der Waals surface area contributed by atoms with Crippen LogP contribution in [0.3, 0.4) is 0 Å². The van der Waals surface area contributed by atoms with E-state index in [2.05, 4.69) is 15.4 Å². The first-order valence-corrected chi connectivity index (χ1v) is 7.92. The lowest BCUT2D eigenvalue weighted by atomic mass is 10.3. The van der Waals surface area contributed by atoms with Crippen molar-refractivity contribution in [1.29, 1.82) is 0 Å². The Bertz CT molecular complexity index is 1190. The summed E-state index contributed by atoms with van der Waals surface area (Å²) in [4.78, 5) is 29.5. The van der Waals surface area contributed by atoms with Gasteiger partial charge in [0.1, 0.15) is 17.9 Å². The molecule has 0 unspecified atom stereocenters. The van der Waals surface area contributed by atoms with Crippen LogP contribution in [0.4, 0.5) is 10.1 Å². The van der Waals surface area contributed by atoms with E-state index in [9.17, 15) is 14.0 Å². The second kappa shape index (κ2) is 6.07. The minimum atomic E-state index is -0.399. The maximum atomic E-state index is 13.0. The van der Waals surface area contributed by atoms with Crippen LogP contribution in [-0.4, -0.2) is 25.1 Å². The summed E-state index contributed by atoms with van der Waals surface area (Å²) < 4.78 is 15.8. The molecule has 0 fully saturated rings. The van der Waals surface area contributed by atoms with Crippen molar-refractivity contribution in [2.75, 3.05) is 5.32 Å². The van der Waals surface area contributed by atoms with Crippen LogP contribution in [0.25, 0.3) is 16.7 Å². The summed E-state index contributed by atoms with van der Waals surface area (Å²) in [5.74, 6) is -0.790. The van der Waals surface area contributed by atoms with Crippen molar-refractivity contribution in [3.8, 4) is 0 Å². The third-order valence-electron chi connectivity index (χ3n) is 3.98. The molecule has 0 aliphatic heterocycles. The molecule has 1 N–H and O–H groups in total. The number of fused-ring (bicyclic) bond motifs is 3. The molecule has 0 radical (unpaired) electrons. The smallest absolute Gasteiger partial charge is 0.277 e. The van der Waals surface area contributed by atoms with E-state index in [-0.39, 0.29) is 12.1 Å². The lowest BCUT2D eigenvalue weighted by molar-refractivity contribution is -0.116. The van der Waals surface area contributed by atoms with Gasteiger partial charge in [0.05, 0.1) is 11.2 Å².